The van der Waals surface area contributed by atoms with Gasteiger partial charge in [0.05, 0.1) is 48.1 Å². The number of hydrogen-bond acceptors (Lipinski definition) is 15. The van der Waals surface area contributed by atoms with Crippen molar-refractivity contribution in [2.45, 2.75) is 53.8 Å². The molecule has 0 aliphatic heterocycles. The molecular weight excluding hydrogens is 891 g/mol. The molecule has 4 amide bonds. The Balaban J connectivity index is 1.57. The molecule has 2 aromatic carbocycles. The van der Waals surface area contributed by atoms with E-state index in [-0.39, 0.29) is 55.1 Å². The van der Waals surface area contributed by atoms with E-state index in [4.69, 9.17) is 37.4 Å². The van der Waals surface area contributed by atoms with Gasteiger partial charge in [0.1, 0.15) is 40.7 Å². The summed E-state index contributed by atoms with van der Waals surface area (Å²) in [6.45, 7) is 13.0. The third-order valence-electron chi connectivity index (χ3n) is 10.1. The van der Waals surface area contributed by atoms with Crippen LogP contribution in [0.5, 0.6) is 11.5 Å². The monoisotopic (exact) mass is 949 g/mol. The van der Waals surface area contributed by atoms with Crippen molar-refractivity contribution in [2.75, 3.05) is 55.2 Å². The number of ether oxygens (including phenoxy) is 2. The highest BCUT2D eigenvalue weighted by atomic mass is 32.2. The molecule has 360 valence electrons. The third kappa shape index (κ3) is 13.1. The predicted molar refractivity (Wildman–Crippen MR) is 267 cm³/mol. The fraction of sp³-hybridized carbons (Fsp3) is 0.326. The van der Waals surface area contributed by atoms with Crippen molar-refractivity contribution in [3.05, 3.63) is 107 Å². The second kappa shape index (κ2) is 24.6. The van der Waals surface area contributed by atoms with Crippen LogP contribution in [0.4, 0.5) is 17.3 Å². The van der Waals surface area contributed by atoms with E-state index >= 15 is 0 Å². The Labute approximate surface area is 398 Å². The number of thioether (sulfide) groups is 1. The maximum Gasteiger partial charge on any atom is 0.276 e. The lowest BCUT2D eigenvalue weighted by molar-refractivity contribution is 0.0940. The first-order chi connectivity index (χ1) is 32.7. The van der Waals surface area contributed by atoms with E-state index in [9.17, 15) is 19.2 Å². The number of hydrogen-bond donors (Lipinski definition) is 6. The molecule has 21 nitrogen and oxygen atoms in total. The Morgan fingerprint density at radius 3 is 2.16 bits per heavy atom. The number of fused-ring (bicyclic) bond motifs is 1. The molecule has 0 spiro atoms. The predicted octanol–water partition coefficient (Wildman–Crippen LogP) is 4.21. The van der Waals surface area contributed by atoms with Crippen LogP contribution < -0.4 is 47.9 Å². The van der Waals surface area contributed by atoms with Gasteiger partial charge in [-0.2, -0.15) is 22.0 Å². The number of nitrogens with two attached hydrogens (primary N) is 4. The minimum absolute atomic E-state index is 0.0413. The van der Waals surface area contributed by atoms with Gasteiger partial charge in [-0.15, -0.1) is 0 Å². The molecule has 0 radical (unpaired) electrons. The molecule has 22 heteroatoms. The van der Waals surface area contributed by atoms with Crippen molar-refractivity contribution in [3.8, 4) is 11.5 Å². The smallest absolute Gasteiger partial charge is 0.276 e. The molecule has 0 bridgehead atoms. The second-order valence-electron chi connectivity index (χ2n) is 15.0. The number of carbonyl (C=O) groups excluding carboxylic acids is 4. The number of rotatable bonds is 26. The first kappa shape index (κ1) is 51.1. The minimum Gasteiger partial charge on any atom is -0.491 e. The zero-order valence-corrected chi connectivity index (χ0v) is 39.7. The first-order valence-electron chi connectivity index (χ1n) is 21.7. The van der Waals surface area contributed by atoms with E-state index in [0.717, 1.165) is 5.75 Å². The number of aromatic nitrogens is 6. The summed E-state index contributed by atoms with van der Waals surface area (Å²) in [5, 5.41) is 14.8. The third-order valence-corrected chi connectivity index (χ3v) is 10.8. The van der Waals surface area contributed by atoms with Crippen molar-refractivity contribution >= 4 is 76.7 Å². The Morgan fingerprint density at radius 1 is 0.868 bits per heavy atom. The van der Waals surface area contributed by atoms with E-state index in [0.29, 0.717) is 89.3 Å². The van der Waals surface area contributed by atoms with Crippen LogP contribution in [0.3, 0.4) is 0 Å². The lowest BCUT2D eigenvalue weighted by Crippen LogP contribution is -2.39. The summed E-state index contributed by atoms with van der Waals surface area (Å²) in [6.07, 6.45) is 12.6. The van der Waals surface area contributed by atoms with Crippen molar-refractivity contribution in [1.82, 2.24) is 34.4 Å². The van der Waals surface area contributed by atoms with Gasteiger partial charge in [0.15, 0.2) is 0 Å². The summed E-state index contributed by atoms with van der Waals surface area (Å²) in [7, 11) is 0. The molecule has 5 aromatic rings. The Bertz CT molecular complexity index is 2750. The molecule has 0 saturated carbocycles. The Morgan fingerprint density at radius 2 is 1.53 bits per heavy atom. The molecule has 0 saturated heterocycles. The minimum atomic E-state index is -0.708. The standard InChI is InChI=1S/C46H59N15O6S/c1-7-60-36(20-29(3)56-60)44(64)53-28-58(40-34(51-5)22-31(42(49)62)24-38(40)67-18-13-19-68-6)15-10-11-16-59-41-35(54-46(59)55-45(65)37-21-30(4)57-61(37)8-2)23-32(43(50)63)25-39(41)66-17-12-9-14-52-27-33(48)26-47/h9-12,20-27H,5,7-8,13-19,28,47-48H2,1-4,6H3,(H2,49,62)(H2,50,63)(H,53,64)(H,54,55,65)/b11-10+,12-9+,33-26+,52-27?. The van der Waals surface area contributed by atoms with E-state index < -0.39 is 17.7 Å². The molecule has 68 heavy (non-hydrogen) atoms. The largest absolute Gasteiger partial charge is 0.491 e. The summed E-state index contributed by atoms with van der Waals surface area (Å²) in [5.41, 5.74) is 26.8. The van der Waals surface area contributed by atoms with Gasteiger partial charge in [0.2, 0.25) is 17.8 Å². The van der Waals surface area contributed by atoms with Crippen LogP contribution in [0, 0.1) is 13.8 Å². The number of aryl methyl sites for hydroxylation is 4. The molecular formula is C46H59N15O6S. The Kier molecular flexibility index (Phi) is 18.5. The normalized spacial score (nSPS) is 11.8. The first-order valence-corrected chi connectivity index (χ1v) is 23.1. The van der Waals surface area contributed by atoms with Crippen LogP contribution in [0.1, 0.15) is 73.3 Å². The molecule has 3 aromatic heterocycles. The highest BCUT2D eigenvalue weighted by molar-refractivity contribution is 7.98. The SMILES string of the molecule is C=Nc1cc(C(N)=O)cc(OCCCSC)c1N(C/C=C/Cn1c(NC(=O)c2cc(C)nn2CC)nc2cc(C(N)=O)cc(OC/C=C/CN=C/C(N)=C\N)c21)CNC(=O)c1cc(C)nn1CC. The van der Waals surface area contributed by atoms with Crippen LogP contribution in [-0.4, -0.2) is 111 Å². The fourth-order valence-corrected chi connectivity index (χ4v) is 7.35. The van der Waals surface area contributed by atoms with Gasteiger partial charge >= 0.3 is 0 Å². The number of allylic oxidation sites excluding steroid dienone is 2. The lowest BCUT2D eigenvalue weighted by atomic mass is 10.1. The van der Waals surface area contributed by atoms with Gasteiger partial charge < -0.3 is 47.2 Å². The highest BCUT2D eigenvalue weighted by Gasteiger charge is 2.24. The van der Waals surface area contributed by atoms with Crippen LogP contribution in [0.15, 0.2) is 82.6 Å². The number of amides is 4. The number of aliphatic imine (C=N–C) groups is 2. The zero-order chi connectivity index (χ0) is 49.3. The number of imidazole rings is 1. The highest BCUT2D eigenvalue weighted by Crippen LogP contribution is 2.40. The van der Waals surface area contributed by atoms with Gasteiger partial charge in [-0.1, -0.05) is 18.2 Å². The summed E-state index contributed by atoms with van der Waals surface area (Å²) in [6, 6.07) is 9.50. The maximum atomic E-state index is 13.9. The zero-order valence-electron chi connectivity index (χ0n) is 38.9. The quantitative estimate of drug-likeness (QED) is 0.0196. The van der Waals surface area contributed by atoms with Crippen molar-refractivity contribution in [2.24, 2.45) is 32.9 Å². The van der Waals surface area contributed by atoms with Crippen molar-refractivity contribution in [1.29, 1.82) is 0 Å². The van der Waals surface area contributed by atoms with Crippen LogP contribution in [0.25, 0.3) is 11.0 Å². The van der Waals surface area contributed by atoms with E-state index in [1.807, 2.05) is 44.1 Å². The molecule has 0 unspecified atom stereocenters. The number of nitrogens with zero attached hydrogens (tertiary/aromatic N) is 9. The van der Waals surface area contributed by atoms with Gasteiger partial charge in [-0.25, -0.2) is 4.98 Å². The molecule has 10 N–H and O–H groups in total. The van der Waals surface area contributed by atoms with E-state index in [1.54, 1.807) is 63.0 Å². The average Bonchev–Trinajstić information content (AvgIpc) is 4.02. The molecule has 0 atom stereocenters. The molecule has 0 aliphatic carbocycles. The molecule has 0 fully saturated rings. The number of carbonyl (C=O) groups is 4. The van der Waals surface area contributed by atoms with Crippen LogP contribution >= 0.6 is 11.8 Å². The summed E-state index contributed by atoms with van der Waals surface area (Å²) in [5.74, 6) is -0.652. The van der Waals surface area contributed by atoms with E-state index in [2.05, 4.69) is 37.5 Å². The Hall–Kier alpha value is -7.88. The maximum absolute atomic E-state index is 13.9. The number of primary amides is 2. The summed E-state index contributed by atoms with van der Waals surface area (Å²) >= 11 is 1.67. The number of nitrogens with one attached hydrogen (secondary N) is 2. The lowest BCUT2D eigenvalue weighted by Gasteiger charge is -2.28. The number of benzene rings is 2. The fourth-order valence-electron chi connectivity index (χ4n) is 6.95. The second-order valence-corrected chi connectivity index (χ2v) is 16.0. The number of anilines is 2. The molecule has 0 aliphatic rings. The average molecular weight is 950 g/mol. The topological polar surface area (TPSA) is 296 Å². The summed E-state index contributed by atoms with van der Waals surface area (Å²) in [4.78, 5) is 67.7. The molecule has 5 rings (SSSR count). The summed E-state index contributed by atoms with van der Waals surface area (Å²) < 4.78 is 17.5. The van der Waals surface area contributed by atoms with Crippen LogP contribution in [-0.2, 0) is 19.6 Å². The van der Waals surface area contributed by atoms with Gasteiger partial charge in [-0.3, -0.25) is 43.8 Å². The van der Waals surface area contributed by atoms with Gasteiger partial charge in [0, 0.05) is 49.7 Å². The van der Waals surface area contributed by atoms with Gasteiger partial charge in [-0.05, 0) is 95.3 Å². The van der Waals surface area contributed by atoms with Crippen LogP contribution in [0.2, 0.25) is 0 Å². The van der Waals surface area contributed by atoms with Crippen molar-refractivity contribution < 1.29 is 28.7 Å². The van der Waals surface area contributed by atoms with E-state index in [1.165, 1.54) is 30.6 Å². The van der Waals surface area contributed by atoms with Crippen molar-refractivity contribution in [3.63, 3.8) is 0 Å². The van der Waals surface area contributed by atoms with Gasteiger partial charge in [0.25, 0.3) is 11.8 Å². The molecule has 3 heterocycles.